The Bertz CT molecular complexity index is 202. The van der Waals surface area contributed by atoms with E-state index in [-0.39, 0.29) is 0 Å². The molecular formula is C22H47N. The molecule has 0 aromatic rings. The first-order valence-electron chi connectivity index (χ1n) is 11.1. The van der Waals surface area contributed by atoms with Gasteiger partial charge in [0.05, 0.1) is 0 Å². The molecule has 0 saturated heterocycles. The second kappa shape index (κ2) is 20.0. The van der Waals surface area contributed by atoms with Crippen LogP contribution in [0.3, 0.4) is 0 Å². The van der Waals surface area contributed by atoms with E-state index in [0.717, 1.165) is 12.6 Å². The number of rotatable bonds is 19. The van der Waals surface area contributed by atoms with E-state index in [1.165, 1.54) is 109 Å². The summed E-state index contributed by atoms with van der Waals surface area (Å²) in [7, 11) is 0. The summed E-state index contributed by atoms with van der Waals surface area (Å²) in [5.74, 6) is 0. The van der Waals surface area contributed by atoms with Crippen LogP contribution in [0.2, 0.25) is 0 Å². The molecule has 0 aromatic heterocycles. The minimum atomic E-state index is 0.788. The van der Waals surface area contributed by atoms with Crippen LogP contribution >= 0.6 is 0 Å². The molecular weight excluding hydrogens is 278 g/mol. The molecule has 23 heavy (non-hydrogen) atoms. The fraction of sp³-hybridized carbons (Fsp3) is 1.00. The Morgan fingerprint density at radius 1 is 0.478 bits per heavy atom. The van der Waals surface area contributed by atoms with Crippen LogP contribution < -0.4 is 5.32 Å². The van der Waals surface area contributed by atoms with Crippen LogP contribution in [-0.4, -0.2) is 12.6 Å². The van der Waals surface area contributed by atoms with Crippen LogP contribution in [0.4, 0.5) is 0 Å². The minimum Gasteiger partial charge on any atom is -0.314 e. The first kappa shape index (κ1) is 23.0. The molecule has 0 bridgehead atoms. The molecule has 0 spiro atoms. The van der Waals surface area contributed by atoms with Crippen LogP contribution in [0, 0.1) is 0 Å². The van der Waals surface area contributed by atoms with Crippen LogP contribution in [0.1, 0.15) is 130 Å². The third-order valence-corrected chi connectivity index (χ3v) is 5.06. The second-order valence-electron chi connectivity index (χ2n) is 7.43. The minimum absolute atomic E-state index is 0.788. The molecule has 0 heterocycles. The van der Waals surface area contributed by atoms with Crippen molar-refractivity contribution in [3.63, 3.8) is 0 Å². The summed E-state index contributed by atoms with van der Waals surface area (Å²) in [4.78, 5) is 0. The molecule has 0 rings (SSSR count). The van der Waals surface area contributed by atoms with Crippen LogP contribution in [0.25, 0.3) is 0 Å². The molecule has 1 heteroatoms. The zero-order chi connectivity index (χ0) is 17.0. The zero-order valence-corrected chi connectivity index (χ0v) is 16.8. The van der Waals surface area contributed by atoms with E-state index in [4.69, 9.17) is 0 Å². The van der Waals surface area contributed by atoms with Gasteiger partial charge in [-0.25, -0.2) is 0 Å². The van der Waals surface area contributed by atoms with E-state index in [1.807, 2.05) is 0 Å². The van der Waals surface area contributed by atoms with Crippen molar-refractivity contribution in [3.8, 4) is 0 Å². The molecule has 0 aromatic carbocycles. The van der Waals surface area contributed by atoms with Gasteiger partial charge in [0.15, 0.2) is 0 Å². The van der Waals surface area contributed by atoms with E-state index in [2.05, 4.69) is 26.1 Å². The number of unbranched alkanes of at least 4 members (excludes halogenated alkanes) is 13. The van der Waals surface area contributed by atoms with Crippen molar-refractivity contribution < 1.29 is 0 Å². The SMILES string of the molecule is CCCCCCCCCCC(CCCCCCCCC)NCC. The van der Waals surface area contributed by atoms with Crippen molar-refractivity contribution >= 4 is 0 Å². The summed E-state index contributed by atoms with van der Waals surface area (Å²) in [6.45, 7) is 7.99. The van der Waals surface area contributed by atoms with Crippen molar-refractivity contribution in [2.24, 2.45) is 0 Å². The summed E-state index contributed by atoms with van der Waals surface area (Å²) in [5.41, 5.74) is 0. The molecule has 0 fully saturated rings. The van der Waals surface area contributed by atoms with Gasteiger partial charge in [-0.2, -0.15) is 0 Å². The van der Waals surface area contributed by atoms with Gasteiger partial charge in [-0.3, -0.25) is 0 Å². The van der Waals surface area contributed by atoms with Gasteiger partial charge in [0, 0.05) is 6.04 Å². The topological polar surface area (TPSA) is 12.0 Å². The van der Waals surface area contributed by atoms with Gasteiger partial charge in [-0.15, -0.1) is 0 Å². The molecule has 0 amide bonds. The van der Waals surface area contributed by atoms with E-state index in [0.29, 0.717) is 0 Å². The molecule has 1 nitrogen and oxygen atoms in total. The highest BCUT2D eigenvalue weighted by Gasteiger charge is 2.06. The molecule has 0 aliphatic rings. The average Bonchev–Trinajstić information content (AvgIpc) is 2.56. The summed E-state index contributed by atoms with van der Waals surface area (Å²) in [6, 6.07) is 0.788. The summed E-state index contributed by atoms with van der Waals surface area (Å²) in [5, 5.41) is 3.71. The molecule has 1 unspecified atom stereocenters. The number of hydrogen-bond donors (Lipinski definition) is 1. The number of hydrogen-bond acceptors (Lipinski definition) is 1. The first-order valence-corrected chi connectivity index (χ1v) is 11.1. The van der Waals surface area contributed by atoms with Gasteiger partial charge in [0.2, 0.25) is 0 Å². The Morgan fingerprint density at radius 2 is 0.826 bits per heavy atom. The Kier molecular flexibility index (Phi) is 20.0. The Labute approximate surface area is 148 Å². The van der Waals surface area contributed by atoms with E-state index in [9.17, 15) is 0 Å². The van der Waals surface area contributed by atoms with Crippen molar-refractivity contribution in [1.29, 1.82) is 0 Å². The van der Waals surface area contributed by atoms with Crippen molar-refractivity contribution in [3.05, 3.63) is 0 Å². The average molecular weight is 326 g/mol. The third kappa shape index (κ3) is 18.1. The van der Waals surface area contributed by atoms with Gasteiger partial charge in [-0.1, -0.05) is 117 Å². The maximum absolute atomic E-state index is 3.71. The van der Waals surface area contributed by atoms with Gasteiger partial charge in [0.1, 0.15) is 0 Å². The normalized spacial score (nSPS) is 12.7. The lowest BCUT2D eigenvalue weighted by Crippen LogP contribution is -2.28. The lowest BCUT2D eigenvalue weighted by molar-refractivity contribution is 0.419. The Balaban J connectivity index is 3.43. The molecule has 0 saturated carbocycles. The Hall–Kier alpha value is -0.0400. The van der Waals surface area contributed by atoms with Crippen molar-refractivity contribution in [2.45, 2.75) is 136 Å². The maximum Gasteiger partial charge on any atom is 0.00669 e. The quantitative estimate of drug-likeness (QED) is 0.241. The summed E-state index contributed by atoms with van der Waals surface area (Å²) in [6.07, 6.45) is 24.3. The van der Waals surface area contributed by atoms with Crippen molar-refractivity contribution in [2.75, 3.05) is 6.54 Å². The first-order chi connectivity index (χ1) is 11.3. The third-order valence-electron chi connectivity index (χ3n) is 5.06. The van der Waals surface area contributed by atoms with Gasteiger partial charge < -0.3 is 5.32 Å². The monoisotopic (exact) mass is 325 g/mol. The predicted molar refractivity (Wildman–Crippen MR) is 107 cm³/mol. The predicted octanol–water partition coefficient (Wildman–Crippen LogP) is 7.64. The second-order valence-corrected chi connectivity index (χ2v) is 7.43. The molecule has 0 aliphatic heterocycles. The standard InChI is InChI=1S/C22H47N/c1-4-7-9-11-13-15-17-19-21-22(23-6-3)20-18-16-14-12-10-8-5-2/h22-23H,4-21H2,1-3H3. The zero-order valence-electron chi connectivity index (χ0n) is 16.8. The van der Waals surface area contributed by atoms with Crippen molar-refractivity contribution in [1.82, 2.24) is 5.32 Å². The van der Waals surface area contributed by atoms with E-state index >= 15 is 0 Å². The lowest BCUT2D eigenvalue weighted by Gasteiger charge is -2.17. The van der Waals surface area contributed by atoms with E-state index in [1.54, 1.807) is 0 Å². The largest absolute Gasteiger partial charge is 0.314 e. The molecule has 1 N–H and O–H groups in total. The fourth-order valence-electron chi connectivity index (χ4n) is 3.51. The van der Waals surface area contributed by atoms with Crippen LogP contribution in [-0.2, 0) is 0 Å². The highest BCUT2D eigenvalue weighted by molar-refractivity contribution is 4.66. The maximum atomic E-state index is 3.71. The Morgan fingerprint density at radius 3 is 1.17 bits per heavy atom. The van der Waals surface area contributed by atoms with Crippen LogP contribution in [0.5, 0.6) is 0 Å². The lowest BCUT2D eigenvalue weighted by atomic mass is 10.00. The van der Waals surface area contributed by atoms with Crippen LogP contribution in [0.15, 0.2) is 0 Å². The van der Waals surface area contributed by atoms with E-state index < -0.39 is 0 Å². The van der Waals surface area contributed by atoms with Gasteiger partial charge in [-0.05, 0) is 19.4 Å². The molecule has 0 aliphatic carbocycles. The highest BCUT2D eigenvalue weighted by atomic mass is 14.9. The van der Waals surface area contributed by atoms with Gasteiger partial charge in [0.25, 0.3) is 0 Å². The molecule has 140 valence electrons. The molecule has 1 atom stereocenters. The van der Waals surface area contributed by atoms with Gasteiger partial charge >= 0.3 is 0 Å². The fourth-order valence-corrected chi connectivity index (χ4v) is 3.51. The highest BCUT2D eigenvalue weighted by Crippen LogP contribution is 2.15. The smallest absolute Gasteiger partial charge is 0.00669 e. The molecule has 0 radical (unpaired) electrons. The summed E-state index contributed by atoms with van der Waals surface area (Å²) < 4.78 is 0. The summed E-state index contributed by atoms with van der Waals surface area (Å²) >= 11 is 0. The number of nitrogens with one attached hydrogen (secondary N) is 1.